The van der Waals surface area contributed by atoms with Crippen LogP contribution >= 0.6 is 0 Å². The Morgan fingerprint density at radius 2 is 2.05 bits per heavy atom. The lowest BCUT2D eigenvalue weighted by Crippen LogP contribution is -2.46. The molecule has 1 aliphatic heterocycles. The van der Waals surface area contributed by atoms with Gasteiger partial charge < -0.3 is 10.6 Å². The first-order valence-corrected chi connectivity index (χ1v) is 6.89. The second-order valence-corrected chi connectivity index (χ2v) is 4.74. The summed E-state index contributed by atoms with van der Waals surface area (Å²) in [5, 5.41) is 6.09. The first-order valence-electron chi connectivity index (χ1n) is 6.89. The molecule has 5 heteroatoms. The third kappa shape index (κ3) is 6.06. The van der Waals surface area contributed by atoms with Crippen LogP contribution in [0.4, 0.5) is 4.39 Å². The molecule has 0 spiro atoms. The van der Waals surface area contributed by atoms with Crippen LogP contribution in [0.25, 0.3) is 6.08 Å². The van der Waals surface area contributed by atoms with Crippen LogP contribution in [-0.4, -0.2) is 50.1 Å². The van der Waals surface area contributed by atoms with Gasteiger partial charge in [0, 0.05) is 50.9 Å². The van der Waals surface area contributed by atoms with Gasteiger partial charge in [-0.05, 0) is 12.1 Å². The number of nitrogens with one attached hydrogen (secondary N) is 2. The Hall–Kier alpha value is -1.72. The van der Waals surface area contributed by atoms with Crippen molar-refractivity contribution in [3.05, 3.63) is 41.7 Å². The van der Waals surface area contributed by atoms with Gasteiger partial charge in [0.2, 0.25) is 5.91 Å². The van der Waals surface area contributed by atoms with Crippen molar-refractivity contribution in [2.75, 3.05) is 39.3 Å². The summed E-state index contributed by atoms with van der Waals surface area (Å²) in [5.41, 5.74) is 0.421. The number of piperazine rings is 1. The van der Waals surface area contributed by atoms with Crippen LogP contribution in [0.15, 0.2) is 30.3 Å². The standard InChI is InChI=1S/C15H20FN3O.CH4/c16-14-4-2-1-3-13(14)5-6-15(20)18-9-12-19-10-7-17-8-11-19;/h1-6,17H,7-12H2,(H,18,20);1H4/b6-5+;. The van der Waals surface area contributed by atoms with Gasteiger partial charge in [-0.1, -0.05) is 25.6 Å². The van der Waals surface area contributed by atoms with Crippen molar-refractivity contribution in [2.24, 2.45) is 0 Å². The molecule has 1 aromatic rings. The molecule has 21 heavy (non-hydrogen) atoms. The average molecular weight is 293 g/mol. The zero-order valence-corrected chi connectivity index (χ0v) is 11.4. The molecule has 1 amide bonds. The molecule has 1 fully saturated rings. The molecule has 116 valence electrons. The van der Waals surface area contributed by atoms with Crippen molar-refractivity contribution >= 4 is 12.0 Å². The fourth-order valence-electron chi connectivity index (χ4n) is 2.11. The third-order valence-corrected chi connectivity index (χ3v) is 3.26. The predicted octanol–water partition coefficient (Wildman–Crippen LogP) is 1.50. The van der Waals surface area contributed by atoms with Gasteiger partial charge in [-0.15, -0.1) is 0 Å². The number of rotatable bonds is 5. The summed E-state index contributed by atoms with van der Waals surface area (Å²) in [6.45, 7) is 5.49. The van der Waals surface area contributed by atoms with E-state index in [1.54, 1.807) is 18.2 Å². The van der Waals surface area contributed by atoms with E-state index in [1.807, 2.05) is 0 Å². The Labute approximate surface area is 126 Å². The molecule has 0 unspecified atom stereocenters. The van der Waals surface area contributed by atoms with Crippen LogP contribution in [0.2, 0.25) is 0 Å². The molecular formula is C16H24FN3O. The Bertz CT molecular complexity index is 470. The van der Waals surface area contributed by atoms with Gasteiger partial charge in [-0.2, -0.15) is 0 Å². The normalized spacial score (nSPS) is 15.7. The number of halogens is 1. The molecule has 0 aromatic heterocycles. The molecule has 1 aliphatic rings. The molecule has 1 saturated heterocycles. The number of carbonyl (C=O) groups is 1. The lowest BCUT2D eigenvalue weighted by atomic mass is 10.2. The van der Waals surface area contributed by atoms with E-state index in [4.69, 9.17) is 0 Å². The summed E-state index contributed by atoms with van der Waals surface area (Å²) < 4.78 is 13.3. The molecule has 0 radical (unpaired) electrons. The number of carbonyl (C=O) groups excluding carboxylic acids is 1. The lowest BCUT2D eigenvalue weighted by molar-refractivity contribution is -0.116. The highest BCUT2D eigenvalue weighted by Crippen LogP contribution is 2.07. The maximum atomic E-state index is 13.3. The molecule has 0 bridgehead atoms. The number of benzene rings is 1. The van der Waals surface area contributed by atoms with Crippen LogP contribution < -0.4 is 10.6 Å². The second-order valence-electron chi connectivity index (χ2n) is 4.74. The maximum Gasteiger partial charge on any atom is 0.244 e. The summed E-state index contributed by atoms with van der Waals surface area (Å²) in [6.07, 6.45) is 2.87. The van der Waals surface area contributed by atoms with Gasteiger partial charge in [-0.3, -0.25) is 9.69 Å². The molecule has 1 heterocycles. The van der Waals surface area contributed by atoms with E-state index < -0.39 is 0 Å². The van der Waals surface area contributed by atoms with Crippen LogP contribution in [0.5, 0.6) is 0 Å². The maximum absolute atomic E-state index is 13.3. The van der Waals surface area contributed by atoms with E-state index >= 15 is 0 Å². The van der Waals surface area contributed by atoms with Crippen molar-refractivity contribution < 1.29 is 9.18 Å². The fourth-order valence-corrected chi connectivity index (χ4v) is 2.11. The first-order chi connectivity index (χ1) is 9.75. The third-order valence-electron chi connectivity index (χ3n) is 3.26. The number of hydrogen-bond acceptors (Lipinski definition) is 3. The number of nitrogens with zero attached hydrogens (tertiary/aromatic N) is 1. The van der Waals surface area contributed by atoms with Crippen LogP contribution in [0.3, 0.4) is 0 Å². The van der Waals surface area contributed by atoms with Crippen molar-refractivity contribution in [2.45, 2.75) is 7.43 Å². The van der Waals surface area contributed by atoms with Gasteiger partial charge >= 0.3 is 0 Å². The predicted molar refractivity (Wildman–Crippen MR) is 84.5 cm³/mol. The Morgan fingerprint density at radius 3 is 2.76 bits per heavy atom. The number of hydrogen-bond donors (Lipinski definition) is 2. The van der Waals surface area contributed by atoms with Crippen LogP contribution in [0.1, 0.15) is 13.0 Å². The topological polar surface area (TPSA) is 44.4 Å². The molecule has 2 rings (SSSR count). The average Bonchev–Trinajstić information content (AvgIpc) is 2.47. The summed E-state index contributed by atoms with van der Waals surface area (Å²) in [6, 6.07) is 6.38. The van der Waals surface area contributed by atoms with E-state index in [0.29, 0.717) is 12.1 Å². The van der Waals surface area contributed by atoms with Crippen molar-refractivity contribution in [1.82, 2.24) is 15.5 Å². The zero-order valence-electron chi connectivity index (χ0n) is 11.4. The minimum atomic E-state index is -0.322. The van der Waals surface area contributed by atoms with E-state index in [9.17, 15) is 9.18 Å². The van der Waals surface area contributed by atoms with Gasteiger partial charge in [0.1, 0.15) is 5.82 Å². The Kier molecular flexibility index (Phi) is 7.64. The van der Waals surface area contributed by atoms with E-state index in [0.717, 1.165) is 32.7 Å². The first kappa shape index (κ1) is 17.3. The summed E-state index contributed by atoms with van der Waals surface area (Å²) >= 11 is 0. The van der Waals surface area contributed by atoms with Crippen LogP contribution in [-0.2, 0) is 4.79 Å². The van der Waals surface area contributed by atoms with Gasteiger partial charge in [0.05, 0.1) is 0 Å². The van der Waals surface area contributed by atoms with Crippen LogP contribution in [0, 0.1) is 5.82 Å². The molecular weight excluding hydrogens is 269 g/mol. The summed E-state index contributed by atoms with van der Waals surface area (Å²) in [7, 11) is 0. The second kappa shape index (κ2) is 9.26. The largest absolute Gasteiger partial charge is 0.351 e. The van der Waals surface area contributed by atoms with E-state index in [2.05, 4.69) is 15.5 Å². The minimum absolute atomic E-state index is 0. The van der Waals surface area contributed by atoms with Gasteiger partial charge in [-0.25, -0.2) is 4.39 Å². The lowest BCUT2D eigenvalue weighted by Gasteiger charge is -2.26. The zero-order chi connectivity index (χ0) is 14.2. The molecule has 1 aromatic carbocycles. The Morgan fingerprint density at radius 1 is 1.33 bits per heavy atom. The van der Waals surface area contributed by atoms with Gasteiger partial charge in [0.25, 0.3) is 0 Å². The highest BCUT2D eigenvalue weighted by molar-refractivity contribution is 5.91. The monoisotopic (exact) mass is 293 g/mol. The van der Waals surface area contributed by atoms with Crippen molar-refractivity contribution in [3.63, 3.8) is 0 Å². The summed E-state index contributed by atoms with van der Waals surface area (Å²) in [5.74, 6) is -0.513. The van der Waals surface area contributed by atoms with E-state index in [-0.39, 0.29) is 19.2 Å². The van der Waals surface area contributed by atoms with Crippen molar-refractivity contribution in [3.8, 4) is 0 Å². The Balaban J connectivity index is 0.00000220. The van der Waals surface area contributed by atoms with Crippen molar-refractivity contribution in [1.29, 1.82) is 0 Å². The smallest absolute Gasteiger partial charge is 0.244 e. The highest BCUT2D eigenvalue weighted by atomic mass is 19.1. The molecule has 0 saturated carbocycles. The highest BCUT2D eigenvalue weighted by Gasteiger charge is 2.08. The molecule has 0 atom stereocenters. The van der Waals surface area contributed by atoms with E-state index in [1.165, 1.54) is 18.2 Å². The van der Waals surface area contributed by atoms with Gasteiger partial charge in [0.15, 0.2) is 0 Å². The molecule has 0 aliphatic carbocycles. The number of amides is 1. The molecule has 4 nitrogen and oxygen atoms in total. The minimum Gasteiger partial charge on any atom is -0.351 e. The molecule has 2 N–H and O–H groups in total. The summed E-state index contributed by atoms with van der Waals surface area (Å²) in [4.78, 5) is 13.9. The fraction of sp³-hybridized carbons (Fsp3) is 0.438. The SMILES string of the molecule is C.O=C(/C=C/c1ccccc1F)NCCN1CCNCC1. The quantitative estimate of drug-likeness (QED) is 0.809.